The van der Waals surface area contributed by atoms with Gasteiger partial charge in [0.1, 0.15) is 11.5 Å². The van der Waals surface area contributed by atoms with Crippen molar-refractivity contribution in [3.8, 4) is 0 Å². The van der Waals surface area contributed by atoms with Crippen LogP contribution < -0.4 is 39.4 Å². The molecule has 9 nitrogen and oxygen atoms in total. The van der Waals surface area contributed by atoms with Crippen LogP contribution in [0.2, 0.25) is 0 Å². The van der Waals surface area contributed by atoms with E-state index in [-0.39, 0.29) is 0 Å². The first-order valence-electron chi connectivity index (χ1n) is 5.60. The summed E-state index contributed by atoms with van der Waals surface area (Å²) in [5.41, 5.74) is 11.1. The first kappa shape index (κ1) is 17.4. The van der Waals surface area contributed by atoms with Gasteiger partial charge in [0, 0.05) is 13.2 Å². The number of hydrogen-bond donors (Lipinski definition) is 7. The minimum atomic E-state index is 0.345. The van der Waals surface area contributed by atoms with Gasteiger partial charge in [-0.3, -0.25) is 5.84 Å². The molecule has 0 amide bonds. The van der Waals surface area contributed by atoms with Gasteiger partial charge in [-0.25, -0.2) is 5.84 Å². The van der Waals surface area contributed by atoms with E-state index in [0.717, 1.165) is 5.76 Å². The van der Waals surface area contributed by atoms with Gasteiger partial charge in [-0.1, -0.05) is 6.58 Å². The number of furan rings is 1. The summed E-state index contributed by atoms with van der Waals surface area (Å²) in [6.07, 6.45) is 1.36. The third-order valence-electron chi connectivity index (χ3n) is 2.18. The lowest BCUT2D eigenvalue weighted by atomic mass is 10.3. The van der Waals surface area contributed by atoms with Crippen LogP contribution in [0.4, 0.5) is 0 Å². The van der Waals surface area contributed by atoms with E-state index in [1.165, 1.54) is 6.20 Å². The summed E-state index contributed by atoms with van der Waals surface area (Å²) < 4.78 is 5.24. The molecule has 1 heterocycles. The number of nitrogens with zero attached hydrogens (tertiary/aromatic N) is 1. The third-order valence-corrected chi connectivity index (χ3v) is 2.18. The molecule has 0 aromatic carbocycles. The first-order valence-corrected chi connectivity index (χ1v) is 5.60. The molecule has 20 heavy (non-hydrogen) atoms. The van der Waals surface area contributed by atoms with Crippen LogP contribution in [-0.2, 0) is 0 Å². The quantitative estimate of drug-likeness (QED) is 0.156. The van der Waals surface area contributed by atoms with Crippen molar-refractivity contribution >= 4 is 11.5 Å². The zero-order valence-corrected chi connectivity index (χ0v) is 11.6. The normalized spacial score (nSPS) is 11.2. The highest BCUT2D eigenvalue weighted by Gasteiger charge is 2.02. The molecule has 1 rings (SSSR count). The Morgan fingerprint density at radius 2 is 2.00 bits per heavy atom. The molecule has 1 aromatic rings. The maximum Gasteiger partial charge on any atom is 0.182 e. The standard InChI is InChI=1S/C7H11N3O.C4H11N5/c1-5-2-3-7(11-5)6(4-8)10-9;1-3(7-2)4(8-5)9-6/h2-4,10H,8-9H2,1H3;7H,1,5-6H2,2H3,(H,8,9)/b6-4-;. The van der Waals surface area contributed by atoms with Crippen molar-refractivity contribution in [3.63, 3.8) is 0 Å². The number of hydrogen-bond acceptors (Lipinski definition) is 8. The molecule has 0 unspecified atom stereocenters. The van der Waals surface area contributed by atoms with Gasteiger partial charge in [-0.15, -0.1) is 0 Å². The Morgan fingerprint density at radius 1 is 1.35 bits per heavy atom. The second-order valence-electron chi connectivity index (χ2n) is 3.49. The monoisotopic (exact) mass is 282 g/mol. The molecule has 0 aliphatic heterocycles. The van der Waals surface area contributed by atoms with Crippen LogP contribution in [0.1, 0.15) is 11.5 Å². The number of nitrogens with one attached hydrogen (secondary N) is 3. The molecular formula is C11H22N8O. The van der Waals surface area contributed by atoms with Crippen LogP contribution in [0.3, 0.4) is 0 Å². The molecule has 112 valence electrons. The van der Waals surface area contributed by atoms with E-state index in [1.54, 1.807) is 13.1 Å². The van der Waals surface area contributed by atoms with Crippen LogP contribution in [0, 0.1) is 6.92 Å². The van der Waals surface area contributed by atoms with E-state index < -0.39 is 0 Å². The molecule has 0 bridgehead atoms. The summed E-state index contributed by atoms with van der Waals surface area (Å²) in [4.78, 5) is 0. The Morgan fingerprint density at radius 3 is 2.25 bits per heavy atom. The summed E-state index contributed by atoms with van der Waals surface area (Å²) in [6, 6.07) is 3.64. The molecule has 0 fully saturated rings. The lowest BCUT2D eigenvalue weighted by Gasteiger charge is -2.04. The molecule has 11 N–H and O–H groups in total. The Bertz CT molecular complexity index is 477. The van der Waals surface area contributed by atoms with E-state index in [0.29, 0.717) is 23.0 Å². The lowest BCUT2D eigenvalue weighted by molar-refractivity contribution is 0.517. The van der Waals surface area contributed by atoms with Crippen molar-refractivity contribution in [2.24, 2.45) is 28.4 Å². The fourth-order valence-corrected chi connectivity index (χ4v) is 1.10. The first-order chi connectivity index (χ1) is 9.53. The molecule has 0 radical (unpaired) electrons. The minimum Gasteiger partial charge on any atom is -0.460 e. The molecule has 0 spiro atoms. The van der Waals surface area contributed by atoms with Crippen LogP contribution >= 0.6 is 0 Å². The van der Waals surface area contributed by atoms with Crippen LogP contribution in [0.15, 0.2) is 40.1 Å². The van der Waals surface area contributed by atoms with Crippen molar-refractivity contribution in [2.45, 2.75) is 6.92 Å². The average molecular weight is 282 g/mol. The smallest absolute Gasteiger partial charge is 0.182 e. The molecule has 1 aromatic heterocycles. The molecule has 0 aliphatic carbocycles. The summed E-state index contributed by atoms with van der Waals surface area (Å²) in [7, 11) is 1.70. The van der Waals surface area contributed by atoms with E-state index in [2.05, 4.69) is 27.8 Å². The summed E-state index contributed by atoms with van der Waals surface area (Å²) in [5, 5.41) is 6.01. The second kappa shape index (κ2) is 9.30. The SMILES string of the molecule is C=C(NC)/C(=N/N)NN.Cc1ccc(/C(=C/N)NN)o1. The minimum absolute atomic E-state index is 0.345. The predicted octanol–water partition coefficient (Wildman–Crippen LogP) is -1.24. The fourth-order valence-electron chi connectivity index (χ4n) is 1.10. The zero-order chi connectivity index (χ0) is 15.5. The highest BCUT2D eigenvalue weighted by atomic mass is 16.3. The lowest BCUT2D eigenvalue weighted by Crippen LogP contribution is -2.35. The molecule has 9 heteroatoms. The average Bonchev–Trinajstić information content (AvgIpc) is 2.88. The largest absolute Gasteiger partial charge is 0.460 e. The van der Waals surface area contributed by atoms with Gasteiger partial charge in [0.2, 0.25) is 0 Å². The van der Waals surface area contributed by atoms with Crippen molar-refractivity contribution in [1.29, 1.82) is 0 Å². The zero-order valence-electron chi connectivity index (χ0n) is 11.6. The van der Waals surface area contributed by atoms with Gasteiger partial charge < -0.3 is 32.2 Å². The van der Waals surface area contributed by atoms with Gasteiger partial charge in [0.25, 0.3) is 0 Å². The predicted molar refractivity (Wildman–Crippen MR) is 80.1 cm³/mol. The number of likely N-dealkylation sites (N-methyl/N-ethyl adjacent to an activating group) is 1. The Labute approximate surface area is 117 Å². The highest BCUT2D eigenvalue weighted by Crippen LogP contribution is 2.12. The van der Waals surface area contributed by atoms with E-state index in [1.807, 2.05) is 13.0 Å². The van der Waals surface area contributed by atoms with Gasteiger partial charge >= 0.3 is 0 Å². The van der Waals surface area contributed by atoms with E-state index in [9.17, 15) is 0 Å². The maximum atomic E-state index is 5.26. The Balaban J connectivity index is 0.000000370. The second-order valence-corrected chi connectivity index (χ2v) is 3.49. The molecule has 0 saturated carbocycles. The Hall–Kier alpha value is -2.65. The molecule has 0 aliphatic rings. The van der Waals surface area contributed by atoms with Gasteiger partial charge in [0.15, 0.2) is 11.6 Å². The molecular weight excluding hydrogens is 260 g/mol. The van der Waals surface area contributed by atoms with E-state index in [4.69, 9.17) is 27.7 Å². The topological polar surface area (TPSA) is 166 Å². The number of rotatable bonds is 4. The van der Waals surface area contributed by atoms with Gasteiger partial charge in [0.05, 0.1) is 5.70 Å². The van der Waals surface area contributed by atoms with E-state index >= 15 is 0 Å². The maximum absolute atomic E-state index is 5.26. The van der Waals surface area contributed by atoms with Crippen molar-refractivity contribution in [3.05, 3.63) is 42.1 Å². The summed E-state index contributed by atoms with van der Waals surface area (Å²) in [6.45, 7) is 5.41. The third kappa shape index (κ3) is 5.33. The van der Waals surface area contributed by atoms with Crippen molar-refractivity contribution in [1.82, 2.24) is 16.2 Å². The fraction of sp³-hybridized carbons (Fsp3) is 0.182. The molecule has 0 atom stereocenters. The number of hydrazine groups is 2. The number of aryl methyl sites for hydroxylation is 1. The van der Waals surface area contributed by atoms with Gasteiger partial charge in [-0.05, 0) is 19.1 Å². The van der Waals surface area contributed by atoms with Crippen molar-refractivity contribution in [2.75, 3.05) is 7.05 Å². The summed E-state index contributed by atoms with van der Waals surface area (Å²) >= 11 is 0. The van der Waals surface area contributed by atoms with Crippen LogP contribution in [0.25, 0.3) is 5.70 Å². The highest BCUT2D eigenvalue weighted by molar-refractivity contribution is 5.96. The Kier molecular flexibility index (Phi) is 8.07. The van der Waals surface area contributed by atoms with Gasteiger partial charge in [-0.2, -0.15) is 5.10 Å². The van der Waals surface area contributed by atoms with Crippen LogP contribution in [0.5, 0.6) is 0 Å². The number of nitrogens with two attached hydrogens (primary N) is 4. The van der Waals surface area contributed by atoms with Crippen LogP contribution in [-0.4, -0.2) is 12.9 Å². The number of amidine groups is 1. The molecule has 0 saturated heterocycles. The summed E-state index contributed by atoms with van der Waals surface area (Å²) in [5.74, 6) is 16.9. The number of hydrazone groups is 1. The van der Waals surface area contributed by atoms with Crippen molar-refractivity contribution < 1.29 is 4.42 Å².